The summed E-state index contributed by atoms with van der Waals surface area (Å²) in [5, 5.41) is 3.77. The molecule has 4 rings (SSSR count). The topological polar surface area (TPSA) is 32.6 Å². The summed E-state index contributed by atoms with van der Waals surface area (Å²) in [5.41, 5.74) is 5.64. The number of benzene rings is 2. The van der Waals surface area contributed by atoms with Crippen molar-refractivity contribution in [2.45, 2.75) is 12.6 Å². The molecule has 0 bridgehead atoms. The molecular weight excluding hydrogens is 344 g/mol. The molecule has 0 saturated carbocycles. The van der Waals surface area contributed by atoms with Crippen LogP contribution < -0.4 is 5.32 Å². The molecule has 4 aromatic rings. The number of aromatic nitrogens is 2. The van der Waals surface area contributed by atoms with E-state index in [1.54, 1.807) is 0 Å². The van der Waals surface area contributed by atoms with Gasteiger partial charge in [-0.2, -0.15) is 0 Å². The molecule has 2 aromatic heterocycles. The van der Waals surface area contributed by atoms with E-state index in [0.29, 0.717) is 0 Å². The molecule has 1 N–H and O–H groups in total. The number of fused-ring (bicyclic) bond motifs is 1. The zero-order valence-corrected chi connectivity index (χ0v) is 16.4. The number of hydrogen-bond donors (Lipinski definition) is 1. The molecular formula is C24H26N4. The van der Waals surface area contributed by atoms with Crippen LogP contribution in [0.25, 0.3) is 16.9 Å². The second-order valence-electron chi connectivity index (χ2n) is 7.31. The molecule has 0 saturated heterocycles. The quantitative estimate of drug-likeness (QED) is 0.524. The van der Waals surface area contributed by atoms with Gasteiger partial charge in [0.25, 0.3) is 0 Å². The summed E-state index contributed by atoms with van der Waals surface area (Å²) in [6, 6.07) is 27.5. The van der Waals surface area contributed by atoms with E-state index in [4.69, 9.17) is 4.98 Å². The summed E-state index contributed by atoms with van der Waals surface area (Å²) in [6.45, 7) is 1.67. The van der Waals surface area contributed by atoms with Crippen molar-refractivity contribution < 1.29 is 0 Å². The van der Waals surface area contributed by atoms with Gasteiger partial charge in [-0.1, -0.05) is 66.7 Å². The first-order valence-electron chi connectivity index (χ1n) is 9.67. The first-order valence-corrected chi connectivity index (χ1v) is 9.67. The third-order valence-corrected chi connectivity index (χ3v) is 4.94. The summed E-state index contributed by atoms with van der Waals surface area (Å²) in [6.07, 6.45) is 2.09. The van der Waals surface area contributed by atoms with E-state index in [-0.39, 0.29) is 6.04 Å². The largest absolute Gasteiger partial charge is 0.308 e. The highest BCUT2D eigenvalue weighted by Crippen LogP contribution is 2.25. The zero-order valence-electron chi connectivity index (χ0n) is 16.4. The smallest absolute Gasteiger partial charge is 0.137 e. The van der Waals surface area contributed by atoms with Crippen LogP contribution in [0.15, 0.2) is 85.1 Å². The van der Waals surface area contributed by atoms with Crippen LogP contribution in [-0.4, -0.2) is 34.9 Å². The van der Waals surface area contributed by atoms with E-state index < -0.39 is 0 Å². The van der Waals surface area contributed by atoms with Gasteiger partial charge in [0, 0.05) is 30.9 Å². The molecule has 0 aliphatic carbocycles. The molecule has 0 fully saturated rings. The number of hydrogen-bond acceptors (Lipinski definition) is 3. The van der Waals surface area contributed by atoms with Crippen molar-refractivity contribution in [3.8, 4) is 11.3 Å². The molecule has 1 atom stereocenters. The number of nitrogens with zero attached hydrogens (tertiary/aromatic N) is 3. The molecule has 4 heteroatoms. The lowest BCUT2D eigenvalue weighted by Gasteiger charge is -2.23. The van der Waals surface area contributed by atoms with Crippen molar-refractivity contribution in [3.63, 3.8) is 0 Å². The summed E-state index contributed by atoms with van der Waals surface area (Å²) < 4.78 is 2.19. The Kier molecular flexibility index (Phi) is 5.51. The highest BCUT2D eigenvalue weighted by atomic mass is 15.1. The molecule has 2 heterocycles. The van der Waals surface area contributed by atoms with Crippen LogP contribution in [0.4, 0.5) is 0 Å². The predicted molar refractivity (Wildman–Crippen MR) is 115 cm³/mol. The summed E-state index contributed by atoms with van der Waals surface area (Å²) >= 11 is 0. The lowest BCUT2D eigenvalue weighted by molar-refractivity contribution is 0.340. The molecule has 0 radical (unpaired) electrons. The Bertz CT molecular complexity index is 1020. The minimum absolute atomic E-state index is 0.245. The van der Waals surface area contributed by atoms with Crippen molar-refractivity contribution in [2.75, 3.05) is 20.6 Å². The maximum Gasteiger partial charge on any atom is 0.137 e. The first kappa shape index (κ1) is 18.4. The number of nitrogens with one attached hydrogen (secondary N) is 1. The standard InChI is InChI=1S/C24H26N4/c1-27(2)18-21(19-11-5-3-6-12-19)25-17-22-24(20-13-7-4-8-14-20)26-23-15-9-10-16-28(22)23/h3-16,21,25H,17-18H2,1-2H3/t21-/m0/s1. The molecule has 0 spiro atoms. The Balaban J connectivity index is 1.68. The second-order valence-corrected chi connectivity index (χ2v) is 7.31. The van der Waals surface area contributed by atoms with E-state index in [9.17, 15) is 0 Å². The van der Waals surface area contributed by atoms with Crippen molar-refractivity contribution >= 4 is 5.65 Å². The van der Waals surface area contributed by atoms with E-state index in [2.05, 4.69) is 102 Å². The van der Waals surface area contributed by atoms with Crippen molar-refractivity contribution in [3.05, 3.63) is 96.3 Å². The van der Waals surface area contributed by atoms with Crippen molar-refractivity contribution in [2.24, 2.45) is 0 Å². The number of rotatable bonds is 7. The SMILES string of the molecule is CN(C)C[C@H](NCc1c(-c2ccccc2)nc2ccccn12)c1ccccc1. The predicted octanol–water partition coefficient (Wildman–Crippen LogP) is 4.39. The fourth-order valence-corrected chi connectivity index (χ4v) is 3.60. The Morgan fingerprint density at radius 2 is 1.57 bits per heavy atom. The van der Waals surface area contributed by atoms with E-state index in [1.165, 1.54) is 11.3 Å². The molecule has 2 aromatic carbocycles. The van der Waals surface area contributed by atoms with Gasteiger partial charge in [0.2, 0.25) is 0 Å². The van der Waals surface area contributed by atoms with Gasteiger partial charge in [-0.05, 0) is 31.8 Å². The van der Waals surface area contributed by atoms with Crippen LogP contribution in [0.1, 0.15) is 17.3 Å². The van der Waals surface area contributed by atoms with Crippen LogP contribution in [-0.2, 0) is 6.54 Å². The third-order valence-electron chi connectivity index (χ3n) is 4.94. The van der Waals surface area contributed by atoms with Gasteiger partial charge in [-0.15, -0.1) is 0 Å². The molecule has 0 amide bonds. The zero-order chi connectivity index (χ0) is 19.3. The number of likely N-dealkylation sites (N-methyl/N-ethyl adjacent to an activating group) is 1. The van der Waals surface area contributed by atoms with E-state index in [1.807, 2.05) is 12.1 Å². The Morgan fingerprint density at radius 1 is 0.893 bits per heavy atom. The fourth-order valence-electron chi connectivity index (χ4n) is 3.60. The van der Waals surface area contributed by atoms with Gasteiger partial charge >= 0.3 is 0 Å². The minimum atomic E-state index is 0.245. The first-order chi connectivity index (χ1) is 13.7. The lowest BCUT2D eigenvalue weighted by Crippen LogP contribution is -2.31. The van der Waals surface area contributed by atoms with Gasteiger partial charge in [0.15, 0.2) is 0 Å². The van der Waals surface area contributed by atoms with Crippen LogP contribution in [0, 0.1) is 0 Å². The van der Waals surface area contributed by atoms with Crippen LogP contribution >= 0.6 is 0 Å². The minimum Gasteiger partial charge on any atom is -0.308 e. The van der Waals surface area contributed by atoms with Gasteiger partial charge < -0.3 is 14.6 Å². The van der Waals surface area contributed by atoms with Crippen LogP contribution in [0.2, 0.25) is 0 Å². The number of pyridine rings is 1. The van der Waals surface area contributed by atoms with Gasteiger partial charge in [-0.25, -0.2) is 4.98 Å². The highest BCUT2D eigenvalue weighted by Gasteiger charge is 2.17. The monoisotopic (exact) mass is 370 g/mol. The van der Waals surface area contributed by atoms with Gasteiger partial charge in [-0.3, -0.25) is 0 Å². The maximum atomic E-state index is 4.91. The lowest BCUT2D eigenvalue weighted by atomic mass is 10.1. The van der Waals surface area contributed by atoms with E-state index >= 15 is 0 Å². The van der Waals surface area contributed by atoms with Gasteiger partial charge in [0.05, 0.1) is 11.4 Å². The second kappa shape index (κ2) is 8.38. The van der Waals surface area contributed by atoms with Crippen molar-refractivity contribution in [1.82, 2.24) is 19.6 Å². The normalized spacial score (nSPS) is 12.5. The molecule has 28 heavy (non-hydrogen) atoms. The summed E-state index contributed by atoms with van der Waals surface area (Å²) in [5.74, 6) is 0. The average Bonchev–Trinajstić information content (AvgIpc) is 3.11. The average molecular weight is 371 g/mol. The molecule has 0 aliphatic heterocycles. The molecule has 0 aliphatic rings. The van der Waals surface area contributed by atoms with E-state index in [0.717, 1.165) is 30.0 Å². The van der Waals surface area contributed by atoms with Crippen LogP contribution in [0.5, 0.6) is 0 Å². The summed E-state index contributed by atoms with van der Waals surface area (Å²) in [7, 11) is 4.22. The highest BCUT2D eigenvalue weighted by molar-refractivity contribution is 5.66. The molecule has 142 valence electrons. The van der Waals surface area contributed by atoms with Gasteiger partial charge in [0.1, 0.15) is 5.65 Å². The fraction of sp³-hybridized carbons (Fsp3) is 0.208. The Hall–Kier alpha value is -2.95. The maximum absolute atomic E-state index is 4.91. The molecule has 4 nitrogen and oxygen atoms in total. The third kappa shape index (κ3) is 3.98. The Morgan fingerprint density at radius 3 is 2.29 bits per heavy atom. The van der Waals surface area contributed by atoms with Crippen molar-refractivity contribution in [1.29, 1.82) is 0 Å². The van der Waals surface area contributed by atoms with Crippen LogP contribution in [0.3, 0.4) is 0 Å². The number of imidazole rings is 1. The summed E-state index contributed by atoms with van der Waals surface area (Å²) in [4.78, 5) is 7.13. The molecule has 0 unspecified atom stereocenters. The Labute approximate surface area is 166 Å².